The smallest absolute Gasteiger partial charge is 0.380 e. The lowest BCUT2D eigenvalue weighted by Crippen LogP contribution is -2.76. The summed E-state index contributed by atoms with van der Waals surface area (Å²) in [6.07, 6.45) is -18.1. The van der Waals surface area contributed by atoms with E-state index in [1.165, 1.54) is 0 Å². The van der Waals surface area contributed by atoms with Crippen molar-refractivity contribution in [2.75, 3.05) is 39.6 Å². The molecule has 31 heteroatoms. The molecule has 52 heavy (non-hydrogen) atoms. The van der Waals surface area contributed by atoms with E-state index >= 15 is 0 Å². The molecule has 0 radical (unpaired) electrons. The van der Waals surface area contributed by atoms with E-state index in [9.17, 15) is 123 Å². The van der Waals surface area contributed by atoms with Crippen LogP contribution in [0.25, 0.3) is 0 Å². The molecule has 0 bridgehead atoms. The molecule has 1 rings (SSSR count). The maximum Gasteiger partial charge on any atom is 0.460 e. The Balaban J connectivity index is 3.22. The number of hydrogen-bond acceptors (Lipinski definition) is 3. The molecule has 1 aliphatic heterocycles. The number of hydrogen-bond donors (Lipinski definition) is 0. The minimum Gasteiger partial charge on any atom is -0.380 e. The van der Waals surface area contributed by atoms with E-state index in [0.29, 0.717) is 0 Å². The molecule has 0 unspecified atom stereocenters. The van der Waals surface area contributed by atoms with Gasteiger partial charge >= 0.3 is 77.5 Å². The molecule has 0 amide bonds. The van der Waals surface area contributed by atoms with Gasteiger partial charge in [-0.05, 0) is 0 Å². The minimum atomic E-state index is -9.34. The first-order valence-corrected chi connectivity index (χ1v) is 12.4. The first-order chi connectivity index (χ1) is 22.4. The number of ether oxygens (including phenoxy) is 3. The van der Waals surface area contributed by atoms with Gasteiger partial charge in [-0.1, -0.05) is 0 Å². The summed E-state index contributed by atoms with van der Waals surface area (Å²) in [7, 11) is 0. The van der Waals surface area contributed by atoms with E-state index in [0.717, 1.165) is 0 Å². The van der Waals surface area contributed by atoms with Gasteiger partial charge < -0.3 is 14.2 Å². The van der Waals surface area contributed by atoms with E-state index < -0.39 is 129 Å². The van der Waals surface area contributed by atoms with Crippen molar-refractivity contribution in [2.24, 2.45) is 5.41 Å². The molecule has 0 spiro atoms. The monoisotopic (exact) mass is 846 g/mol. The molecule has 1 aliphatic rings. The average Bonchev–Trinajstić information content (AvgIpc) is 2.91. The van der Waals surface area contributed by atoms with Crippen LogP contribution < -0.4 is 0 Å². The summed E-state index contributed by atoms with van der Waals surface area (Å²) in [5.74, 6) is -91.4. The fourth-order valence-electron chi connectivity index (χ4n) is 3.53. The molecule has 0 aliphatic carbocycles. The van der Waals surface area contributed by atoms with Crippen LogP contribution in [0, 0.1) is 5.41 Å². The predicted molar refractivity (Wildman–Crippen MR) is 106 cm³/mol. The van der Waals surface area contributed by atoms with Crippen molar-refractivity contribution in [3.63, 3.8) is 0 Å². The summed E-state index contributed by atoms with van der Waals surface area (Å²) in [5.41, 5.74) is -2.04. The van der Waals surface area contributed by atoms with Gasteiger partial charge in [-0.25, -0.2) is 0 Å². The van der Waals surface area contributed by atoms with Gasteiger partial charge in [0.25, 0.3) is 0 Å². The zero-order chi connectivity index (χ0) is 42.1. The second-order valence-corrected chi connectivity index (χ2v) is 10.9. The Bertz CT molecular complexity index is 1230. The van der Waals surface area contributed by atoms with Crippen LogP contribution in [0.4, 0.5) is 123 Å². The van der Waals surface area contributed by atoms with Crippen LogP contribution in [0.3, 0.4) is 0 Å². The summed E-state index contributed by atoms with van der Waals surface area (Å²) >= 11 is 0. The highest BCUT2D eigenvalue weighted by Gasteiger charge is 2.97. The van der Waals surface area contributed by atoms with Crippen LogP contribution in [-0.4, -0.2) is 117 Å². The lowest BCUT2D eigenvalue weighted by molar-refractivity contribution is -0.474. The zero-order valence-corrected chi connectivity index (χ0v) is 23.8. The van der Waals surface area contributed by atoms with Crippen molar-refractivity contribution >= 4 is 0 Å². The van der Waals surface area contributed by atoms with Gasteiger partial charge in [-0.3, -0.25) is 0 Å². The molecule has 0 aromatic heterocycles. The molecule has 0 aromatic carbocycles. The van der Waals surface area contributed by atoms with Crippen LogP contribution in [0.5, 0.6) is 0 Å². The Hall–Kier alpha value is -2.08. The summed E-state index contributed by atoms with van der Waals surface area (Å²) in [6.45, 7) is -9.50. The number of halogens is 28. The molecule has 0 aromatic rings. The molecule has 0 atom stereocenters. The van der Waals surface area contributed by atoms with Gasteiger partial charge in [0.15, 0.2) is 0 Å². The molecular weight excluding hydrogens is 832 g/mol. The zero-order valence-electron chi connectivity index (χ0n) is 23.8. The summed E-state index contributed by atoms with van der Waals surface area (Å²) in [5, 5.41) is 0. The molecular formula is C21H14F28O3. The largest absolute Gasteiger partial charge is 0.460 e. The van der Waals surface area contributed by atoms with E-state index in [1.54, 1.807) is 0 Å². The summed E-state index contributed by atoms with van der Waals surface area (Å²) in [6, 6.07) is 0. The lowest BCUT2D eigenvalue weighted by atomic mass is 9.86. The van der Waals surface area contributed by atoms with Crippen LogP contribution in [0.2, 0.25) is 0 Å². The molecule has 0 N–H and O–H groups in total. The van der Waals surface area contributed by atoms with Crippen molar-refractivity contribution in [1.29, 1.82) is 0 Å². The maximum absolute atomic E-state index is 14.0. The fourth-order valence-corrected chi connectivity index (χ4v) is 3.53. The van der Waals surface area contributed by atoms with Gasteiger partial charge in [0, 0.05) is 6.42 Å². The standard InChI is InChI=1S/C21H14F28O3/c22-9(23,1-2-50-3-8(4-51-5-8)6-52-7-10(24,25)12(28,29)20(44,45)46)11(26,27)13(30,31)14(32,33)15(34,35)16(36,37)17(38,39)18(40,41)19(42,43)21(47,48)49/h1-7H2. The highest BCUT2D eigenvalue weighted by atomic mass is 19.4. The highest BCUT2D eigenvalue weighted by Crippen LogP contribution is 2.66. The average molecular weight is 846 g/mol. The van der Waals surface area contributed by atoms with Crippen LogP contribution >= 0.6 is 0 Å². The number of rotatable bonds is 18. The minimum absolute atomic E-state index is 0.868. The van der Waals surface area contributed by atoms with Crippen LogP contribution in [-0.2, 0) is 14.2 Å². The molecule has 312 valence electrons. The third-order valence-corrected chi connectivity index (χ3v) is 6.87. The topological polar surface area (TPSA) is 27.7 Å². The van der Waals surface area contributed by atoms with Crippen LogP contribution in [0.15, 0.2) is 0 Å². The third kappa shape index (κ3) is 7.10. The van der Waals surface area contributed by atoms with Crippen molar-refractivity contribution < 1.29 is 137 Å². The molecule has 1 saturated heterocycles. The highest BCUT2D eigenvalue weighted by molar-refractivity contribution is 5.18. The Morgan fingerprint density at radius 2 is 0.673 bits per heavy atom. The van der Waals surface area contributed by atoms with Crippen molar-refractivity contribution in [3.05, 3.63) is 0 Å². The second-order valence-electron chi connectivity index (χ2n) is 10.9. The molecule has 1 fully saturated rings. The maximum atomic E-state index is 14.0. The quantitative estimate of drug-likeness (QED) is 0.102. The summed E-state index contributed by atoms with van der Waals surface area (Å²) < 4.78 is 384. The first kappa shape index (κ1) is 47.9. The Morgan fingerprint density at radius 3 is 0.981 bits per heavy atom. The summed E-state index contributed by atoms with van der Waals surface area (Å²) in [4.78, 5) is 0. The normalized spacial score (nSPS) is 18.5. The van der Waals surface area contributed by atoms with Gasteiger partial charge in [0.1, 0.15) is 6.61 Å². The predicted octanol–water partition coefficient (Wildman–Crippen LogP) is 9.54. The van der Waals surface area contributed by atoms with E-state index in [1.807, 2.05) is 0 Å². The molecule has 0 saturated carbocycles. The van der Waals surface area contributed by atoms with E-state index in [4.69, 9.17) is 0 Å². The van der Waals surface area contributed by atoms with Crippen molar-refractivity contribution in [1.82, 2.24) is 0 Å². The third-order valence-electron chi connectivity index (χ3n) is 6.87. The SMILES string of the molecule is FC(F)(F)C(F)(F)C(F)(F)COCC1(COCCC(F)(F)C(F)(F)C(F)(F)C(F)(F)C(F)(F)C(F)(F)C(F)(F)C(F)(F)C(F)(F)C(F)(F)F)COC1. The lowest BCUT2D eigenvalue weighted by Gasteiger charge is -2.44. The van der Waals surface area contributed by atoms with E-state index in [-0.39, 0.29) is 0 Å². The van der Waals surface area contributed by atoms with Gasteiger partial charge in [-0.2, -0.15) is 123 Å². The van der Waals surface area contributed by atoms with Crippen LogP contribution in [0.1, 0.15) is 6.42 Å². The second kappa shape index (κ2) is 13.3. The Labute approximate surface area is 267 Å². The Morgan fingerprint density at radius 1 is 0.365 bits per heavy atom. The van der Waals surface area contributed by atoms with E-state index in [2.05, 4.69) is 14.2 Å². The molecule has 1 heterocycles. The fraction of sp³-hybridized carbons (Fsp3) is 1.00. The van der Waals surface area contributed by atoms with Gasteiger partial charge in [0.2, 0.25) is 0 Å². The Kier molecular flexibility index (Phi) is 12.3. The van der Waals surface area contributed by atoms with Crippen molar-refractivity contribution in [3.8, 4) is 0 Å². The molecule has 3 nitrogen and oxygen atoms in total. The first-order valence-electron chi connectivity index (χ1n) is 12.4. The van der Waals surface area contributed by atoms with Gasteiger partial charge in [-0.15, -0.1) is 0 Å². The van der Waals surface area contributed by atoms with Crippen molar-refractivity contribution in [2.45, 2.75) is 83.9 Å². The number of alkyl halides is 28. The van der Waals surface area contributed by atoms with Gasteiger partial charge in [0.05, 0.1) is 38.4 Å².